The van der Waals surface area contributed by atoms with E-state index < -0.39 is 5.25 Å². The molecule has 2 heterocycles. The number of aryl methyl sites for hydroxylation is 1. The number of aromatic nitrogens is 5. The molecule has 0 radical (unpaired) electrons. The molecular formula is C20H20N6O3S. The minimum Gasteiger partial charge on any atom is -0.325 e. The van der Waals surface area contributed by atoms with Gasteiger partial charge in [0.25, 0.3) is 0 Å². The lowest BCUT2D eigenvalue weighted by Crippen LogP contribution is -2.24. The van der Waals surface area contributed by atoms with Gasteiger partial charge in [0, 0.05) is 12.2 Å². The van der Waals surface area contributed by atoms with Gasteiger partial charge in [0.2, 0.25) is 5.91 Å². The van der Waals surface area contributed by atoms with E-state index in [4.69, 9.17) is 0 Å². The van der Waals surface area contributed by atoms with Gasteiger partial charge in [-0.05, 0) is 37.1 Å². The number of imidazole rings is 1. The maximum absolute atomic E-state index is 12.6. The number of anilines is 1. The summed E-state index contributed by atoms with van der Waals surface area (Å²) in [5.41, 5.74) is 2.36. The van der Waals surface area contributed by atoms with Crippen molar-refractivity contribution in [2.75, 3.05) is 5.32 Å². The Labute approximate surface area is 174 Å². The monoisotopic (exact) mass is 424 g/mol. The van der Waals surface area contributed by atoms with Crippen molar-refractivity contribution in [3.05, 3.63) is 75.1 Å². The van der Waals surface area contributed by atoms with Gasteiger partial charge in [0.1, 0.15) is 0 Å². The minimum atomic E-state index is -0.489. The van der Waals surface area contributed by atoms with E-state index in [0.717, 1.165) is 5.56 Å². The first-order chi connectivity index (χ1) is 14.5. The fraction of sp³-hybridized carbons (Fsp3) is 0.200. The van der Waals surface area contributed by atoms with E-state index >= 15 is 0 Å². The highest BCUT2D eigenvalue weighted by Crippen LogP contribution is 2.22. The van der Waals surface area contributed by atoms with E-state index in [9.17, 15) is 14.4 Å². The molecule has 1 atom stereocenters. The second-order valence-electron chi connectivity index (χ2n) is 6.79. The first kappa shape index (κ1) is 19.8. The van der Waals surface area contributed by atoms with Gasteiger partial charge in [-0.2, -0.15) is 0 Å². The maximum atomic E-state index is 12.6. The third-order valence-corrected chi connectivity index (χ3v) is 5.72. The Hall–Kier alpha value is -3.53. The molecular weight excluding hydrogens is 404 g/mol. The number of amides is 1. The molecule has 0 bridgehead atoms. The molecule has 4 rings (SSSR count). The number of nitrogens with one attached hydrogen (secondary N) is 4. The quantitative estimate of drug-likeness (QED) is 0.338. The molecule has 0 aliphatic carbocycles. The molecule has 0 saturated carbocycles. The average molecular weight is 424 g/mol. The number of H-pyrrole nitrogens is 3. The molecule has 154 valence electrons. The SMILES string of the molecule is CC(Sc1n[nH]c(=O)n1CCc1ccccc1)C(=O)Nc1ccc2[nH]c(=O)[nH]c2c1. The molecule has 4 aromatic rings. The van der Waals surface area contributed by atoms with Gasteiger partial charge >= 0.3 is 11.4 Å². The van der Waals surface area contributed by atoms with Crippen molar-refractivity contribution in [2.45, 2.75) is 30.3 Å². The van der Waals surface area contributed by atoms with Crippen molar-refractivity contribution in [1.82, 2.24) is 24.7 Å². The lowest BCUT2D eigenvalue weighted by atomic mass is 10.1. The molecule has 2 aromatic heterocycles. The van der Waals surface area contributed by atoms with Gasteiger partial charge in [-0.3, -0.25) is 9.36 Å². The molecule has 10 heteroatoms. The molecule has 30 heavy (non-hydrogen) atoms. The van der Waals surface area contributed by atoms with Gasteiger partial charge in [-0.15, -0.1) is 5.10 Å². The largest absolute Gasteiger partial charge is 0.343 e. The van der Waals surface area contributed by atoms with Crippen LogP contribution in [0, 0.1) is 0 Å². The summed E-state index contributed by atoms with van der Waals surface area (Å²) in [6.07, 6.45) is 0.684. The zero-order valence-corrected chi connectivity index (χ0v) is 17.0. The average Bonchev–Trinajstić information content (AvgIpc) is 3.28. The van der Waals surface area contributed by atoms with Crippen LogP contribution in [0.2, 0.25) is 0 Å². The van der Waals surface area contributed by atoms with Crippen molar-refractivity contribution in [1.29, 1.82) is 0 Å². The number of benzene rings is 2. The number of aromatic amines is 3. The van der Waals surface area contributed by atoms with E-state index in [1.807, 2.05) is 30.3 Å². The zero-order chi connectivity index (χ0) is 21.1. The number of fused-ring (bicyclic) bond motifs is 1. The van der Waals surface area contributed by atoms with Crippen molar-refractivity contribution in [3.8, 4) is 0 Å². The van der Waals surface area contributed by atoms with Crippen LogP contribution in [0.1, 0.15) is 12.5 Å². The van der Waals surface area contributed by atoms with Crippen molar-refractivity contribution < 1.29 is 4.79 Å². The molecule has 1 unspecified atom stereocenters. The van der Waals surface area contributed by atoms with Gasteiger partial charge in [-0.25, -0.2) is 14.7 Å². The van der Waals surface area contributed by atoms with Crippen LogP contribution in [-0.4, -0.2) is 35.9 Å². The normalized spacial score (nSPS) is 12.2. The molecule has 2 aromatic carbocycles. The van der Waals surface area contributed by atoms with Crippen LogP contribution in [0.3, 0.4) is 0 Å². The number of carbonyl (C=O) groups is 1. The Morgan fingerprint density at radius 2 is 1.90 bits per heavy atom. The Kier molecular flexibility index (Phi) is 5.57. The third kappa shape index (κ3) is 4.38. The third-order valence-electron chi connectivity index (χ3n) is 4.63. The van der Waals surface area contributed by atoms with Crippen LogP contribution in [0.25, 0.3) is 11.0 Å². The summed E-state index contributed by atoms with van der Waals surface area (Å²) in [6, 6.07) is 15.0. The Bertz CT molecular complexity index is 1290. The molecule has 0 saturated heterocycles. The van der Waals surface area contributed by atoms with Crippen LogP contribution in [-0.2, 0) is 17.8 Å². The molecule has 0 spiro atoms. The van der Waals surface area contributed by atoms with Crippen LogP contribution in [0.15, 0.2) is 63.3 Å². The maximum Gasteiger partial charge on any atom is 0.343 e. The number of thioether (sulfide) groups is 1. The van der Waals surface area contributed by atoms with E-state index in [0.29, 0.717) is 34.8 Å². The van der Waals surface area contributed by atoms with E-state index in [1.165, 1.54) is 16.3 Å². The van der Waals surface area contributed by atoms with Gasteiger partial charge < -0.3 is 15.3 Å². The number of hydrogen-bond donors (Lipinski definition) is 4. The van der Waals surface area contributed by atoms with Crippen molar-refractivity contribution in [3.63, 3.8) is 0 Å². The van der Waals surface area contributed by atoms with Crippen molar-refractivity contribution >= 4 is 34.4 Å². The Morgan fingerprint density at radius 1 is 1.13 bits per heavy atom. The van der Waals surface area contributed by atoms with E-state index in [-0.39, 0.29) is 17.3 Å². The standard InChI is InChI=1S/C20H20N6O3S/c1-12(17(27)21-14-7-8-15-16(11-14)23-18(28)22-15)30-20-25-24-19(29)26(20)10-9-13-5-3-2-4-6-13/h2-8,11-12H,9-10H2,1H3,(H,21,27)(H,24,29)(H2,22,23,28). The smallest absolute Gasteiger partial charge is 0.325 e. The number of nitrogens with zero attached hydrogens (tertiary/aromatic N) is 2. The van der Waals surface area contributed by atoms with E-state index in [1.54, 1.807) is 25.1 Å². The lowest BCUT2D eigenvalue weighted by molar-refractivity contribution is -0.115. The number of rotatable bonds is 7. The van der Waals surface area contributed by atoms with Crippen LogP contribution in [0.5, 0.6) is 0 Å². The minimum absolute atomic E-state index is 0.234. The molecule has 0 fully saturated rings. The highest BCUT2D eigenvalue weighted by Gasteiger charge is 2.19. The summed E-state index contributed by atoms with van der Waals surface area (Å²) in [5.74, 6) is -0.234. The predicted octanol–water partition coefficient (Wildman–Crippen LogP) is 2.10. The number of carbonyl (C=O) groups excluding carboxylic acids is 1. The second-order valence-corrected chi connectivity index (χ2v) is 8.10. The van der Waals surface area contributed by atoms with Crippen molar-refractivity contribution in [2.24, 2.45) is 0 Å². The predicted molar refractivity (Wildman–Crippen MR) is 116 cm³/mol. The molecule has 9 nitrogen and oxygen atoms in total. The Morgan fingerprint density at radius 3 is 2.70 bits per heavy atom. The second kappa shape index (κ2) is 8.46. The van der Waals surface area contributed by atoms with Crippen LogP contribution in [0.4, 0.5) is 5.69 Å². The van der Waals surface area contributed by atoms with Gasteiger partial charge in [-0.1, -0.05) is 42.1 Å². The van der Waals surface area contributed by atoms with E-state index in [2.05, 4.69) is 25.5 Å². The summed E-state index contributed by atoms with van der Waals surface area (Å²) >= 11 is 1.21. The highest BCUT2D eigenvalue weighted by molar-refractivity contribution is 8.00. The first-order valence-electron chi connectivity index (χ1n) is 9.38. The summed E-state index contributed by atoms with van der Waals surface area (Å²) in [5, 5.41) is 9.32. The van der Waals surface area contributed by atoms with Crippen LogP contribution < -0.4 is 16.7 Å². The summed E-state index contributed by atoms with van der Waals surface area (Å²) in [7, 11) is 0. The summed E-state index contributed by atoms with van der Waals surface area (Å²) < 4.78 is 1.54. The summed E-state index contributed by atoms with van der Waals surface area (Å²) in [6.45, 7) is 2.21. The fourth-order valence-electron chi connectivity index (χ4n) is 3.04. The van der Waals surface area contributed by atoms with Gasteiger partial charge in [0.15, 0.2) is 5.16 Å². The Balaban J connectivity index is 1.42. The number of hydrogen-bond acceptors (Lipinski definition) is 5. The lowest BCUT2D eigenvalue weighted by Gasteiger charge is -2.12. The molecule has 4 N–H and O–H groups in total. The summed E-state index contributed by atoms with van der Waals surface area (Å²) in [4.78, 5) is 41.4. The first-order valence-corrected chi connectivity index (χ1v) is 10.3. The van der Waals surface area contributed by atoms with Crippen LogP contribution >= 0.6 is 11.8 Å². The molecule has 1 amide bonds. The topological polar surface area (TPSA) is 128 Å². The fourth-order valence-corrected chi connectivity index (χ4v) is 3.92. The zero-order valence-electron chi connectivity index (χ0n) is 16.1. The molecule has 0 aliphatic heterocycles. The van der Waals surface area contributed by atoms with Gasteiger partial charge in [0.05, 0.1) is 16.3 Å². The molecule has 0 aliphatic rings. The highest BCUT2D eigenvalue weighted by atomic mass is 32.2.